The van der Waals surface area contributed by atoms with Gasteiger partial charge in [0.15, 0.2) is 0 Å². The van der Waals surface area contributed by atoms with Crippen LogP contribution in [0.1, 0.15) is 51.4 Å². The molecule has 48 heavy (non-hydrogen) atoms. The number of alkyl halides is 2. The van der Waals surface area contributed by atoms with E-state index < -0.39 is 46.6 Å². The molecule has 3 aliphatic rings. The number of hydrogen-bond donors (Lipinski definition) is 1. The van der Waals surface area contributed by atoms with Gasteiger partial charge in [-0.05, 0) is 91.3 Å². The average molecular weight is 702 g/mol. The summed E-state index contributed by atoms with van der Waals surface area (Å²) in [6.45, 7) is -0.271. The first kappa shape index (κ1) is 34.6. The Morgan fingerprint density at radius 2 is 1.48 bits per heavy atom. The van der Waals surface area contributed by atoms with Crippen LogP contribution >= 0.6 is 11.6 Å². The molecule has 2 N–H and O–H groups in total. The third kappa shape index (κ3) is 7.96. The maximum atomic E-state index is 14.6. The lowest BCUT2D eigenvalue weighted by molar-refractivity contribution is -0.149. The van der Waals surface area contributed by atoms with Crippen LogP contribution in [0.3, 0.4) is 0 Å². The molecule has 3 atom stereocenters. The van der Waals surface area contributed by atoms with E-state index in [0.29, 0.717) is 35.5 Å². The van der Waals surface area contributed by atoms with E-state index in [4.69, 9.17) is 26.8 Å². The summed E-state index contributed by atoms with van der Waals surface area (Å²) in [7, 11) is -4.17. The summed E-state index contributed by atoms with van der Waals surface area (Å²) < 4.78 is 70.7. The van der Waals surface area contributed by atoms with Crippen molar-refractivity contribution in [1.82, 2.24) is 9.21 Å². The molecule has 2 heterocycles. The van der Waals surface area contributed by atoms with Crippen LogP contribution in [0.4, 0.5) is 8.78 Å². The Morgan fingerprint density at radius 1 is 0.854 bits per heavy atom. The summed E-state index contributed by atoms with van der Waals surface area (Å²) in [5.74, 6) is -2.33. The molecule has 2 saturated heterocycles. The van der Waals surface area contributed by atoms with Gasteiger partial charge in [-0.15, -0.1) is 0 Å². The van der Waals surface area contributed by atoms with E-state index in [2.05, 4.69) is 0 Å². The quantitative estimate of drug-likeness (QED) is 0.265. The van der Waals surface area contributed by atoms with Gasteiger partial charge in [0, 0.05) is 24.5 Å². The smallest absolute Gasteiger partial charge is 0.280 e. The molecule has 0 radical (unpaired) electrons. The number of likely N-dealkylation sites (tertiary alicyclic amines) is 1. The minimum absolute atomic E-state index is 0.00765. The molecule has 3 aromatic rings. The summed E-state index contributed by atoms with van der Waals surface area (Å²) in [5, 5.41) is 0.642. The minimum atomic E-state index is -4.17. The summed E-state index contributed by atoms with van der Waals surface area (Å²) >= 11 is 6.02. The Hall–Kier alpha value is -3.25. The van der Waals surface area contributed by atoms with Crippen molar-refractivity contribution in [2.75, 3.05) is 26.2 Å². The van der Waals surface area contributed by atoms with Crippen molar-refractivity contribution >= 4 is 27.5 Å². The molecule has 0 aromatic heterocycles. The molecule has 0 spiro atoms. The van der Waals surface area contributed by atoms with Crippen LogP contribution in [0, 0.1) is 5.92 Å². The van der Waals surface area contributed by atoms with Gasteiger partial charge < -0.3 is 20.1 Å². The van der Waals surface area contributed by atoms with Gasteiger partial charge in [-0.2, -0.15) is 4.31 Å². The standard InChI is InChI=1S/C36H42ClF2N3O5S/c37-28-10-6-26(7-11-28)27-8-12-30(13-9-27)47-31-18-21-42(33(22-31)35(43)41-20-19-34(40)36(38,39)24-41)48(44,45)32-16-14-29(15-17-32)46-23-25-4-2-1-3-5-25/h6-17,25,31,33-34H,1-5,18-24,40H2/t31-,33+,34+/m0/s1. The number of piperidine rings is 2. The zero-order valence-electron chi connectivity index (χ0n) is 26.8. The zero-order valence-corrected chi connectivity index (χ0v) is 28.4. The monoisotopic (exact) mass is 701 g/mol. The van der Waals surface area contributed by atoms with E-state index in [1.807, 2.05) is 48.5 Å². The second-order valence-corrected chi connectivity index (χ2v) is 15.5. The molecule has 8 nitrogen and oxygen atoms in total. The molecule has 1 saturated carbocycles. The van der Waals surface area contributed by atoms with Gasteiger partial charge in [0.25, 0.3) is 5.92 Å². The number of sulfonamides is 1. The van der Waals surface area contributed by atoms with Crippen LogP contribution in [0.5, 0.6) is 11.5 Å². The second-order valence-electron chi connectivity index (χ2n) is 13.1. The van der Waals surface area contributed by atoms with Crippen molar-refractivity contribution < 1.29 is 31.5 Å². The molecule has 12 heteroatoms. The normalized spacial score (nSPS) is 23.8. The fraction of sp³-hybridized carbons (Fsp3) is 0.472. The number of nitrogens with two attached hydrogens (primary N) is 1. The Labute approximate surface area is 286 Å². The molecular formula is C36H42ClF2N3O5S. The summed E-state index contributed by atoms with van der Waals surface area (Å²) in [4.78, 5) is 15.0. The van der Waals surface area contributed by atoms with Gasteiger partial charge >= 0.3 is 0 Å². The number of hydrogen-bond acceptors (Lipinski definition) is 6. The van der Waals surface area contributed by atoms with Crippen molar-refractivity contribution in [2.24, 2.45) is 11.7 Å². The van der Waals surface area contributed by atoms with E-state index in [-0.39, 0.29) is 30.8 Å². The van der Waals surface area contributed by atoms with E-state index >= 15 is 0 Å². The van der Waals surface area contributed by atoms with Crippen LogP contribution in [-0.2, 0) is 14.8 Å². The molecule has 258 valence electrons. The highest BCUT2D eigenvalue weighted by Crippen LogP contribution is 2.34. The lowest BCUT2D eigenvalue weighted by Crippen LogP contribution is -2.62. The first-order chi connectivity index (χ1) is 23.0. The molecule has 2 aliphatic heterocycles. The molecule has 6 rings (SSSR count). The fourth-order valence-corrected chi connectivity index (χ4v) is 8.59. The summed E-state index contributed by atoms with van der Waals surface area (Å²) in [6, 6.07) is 18.5. The van der Waals surface area contributed by atoms with Gasteiger partial charge in [0.1, 0.15) is 23.6 Å². The van der Waals surface area contributed by atoms with E-state index in [0.717, 1.165) is 33.2 Å². The van der Waals surface area contributed by atoms with Gasteiger partial charge in [0.05, 0.1) is 24.1 Å². The number of carbonyl (C=O) groups excluding carboxylic acids is 1. The van der Waals surface area contributed by atoms with Gasteiger partial charge in [0.2, 0.25) is 15.9 Å². The van der Waals surface area contributed by atoms with Crippen LogP contribution in [-0.4, -0.2) is 73.9 Å². The van der Waals surface area contributed by atoms with E-state index in [9.17, 15) is 22.0 Å². The Morgan fingerprint density at radius 3 is 2.12 bits per heavy atom. The second kappa shape index (κ2) is 14.7. The fourth-order valence-electron chi connectivity index (χ4n) is 6.86. The number of ether oxygens (including phenoxy) is 2. The molecule has 3 aromatic carbocycles. The topological polar surface area (TPSA) is 102 Å². The Kier molecular flexibility index (Phi) is 10.6. The zero-order chi connectivity index (χ0) is 33.9. The van der Waals surface area contributed by atoms with Gasteiger partial charge in [-0.25, -0.2) is 17.2 Å². The number of rotatable bonds is 9. The number of halogens is 3. The predicted molar refractivity (Wildman–Crippen MR) is 181 cm³/mol. The Bertz CT molecular complexity index is 1650. The summed E-state index contributed by atoms with van der Waals surface area (Å²) in [6.07, 6.45) is 5.63. The molecule has 3 fully saturated rings. The number of amides is 1. The highest BCUT2D eigenvalue weighted by molar-refractivity contribution is 7.89. The lowest BCUT2D eigenvalue weighted by atomic mass is 9.90. The maximum absolute atomic E-state index is 14.6. The van der Waals surface area contributed by atoms with Crippen LogP contribution in [0.2, 0.25) is 5.02 Å². The van der Waals surface area contributed by atoms with E-state index in [1.165, 1.54) is 31.4 Å². The third-order valence-corrected chi connectivity index (χ3v) is 11.9. The average Bonchev–Trinajstić information content (AvgIpc) is 3.09. The number of nitrogens with zero attached hydrogens (tertiary/aromatic N) is 2. The van der Waals surface area contributed by atoms with Crippen LogP contribution in [0.15, 0.2) is 77.7 Å². The van der Waals surface area contributed by atoms with E-state index in [1.54, 1.807) is 12.1 Å². The third-order valence-electron chi connectivity index (χ3n) is 9.73. The molecular weight excluding hydrogens is 660 g/mol. The van der Waals surface area contributed by atoms with Crippen molar-refractivity contribution in [3.63, 3.8) is 0 Å². The molecule has 0 unspecified atom stereocenters. The number of carbonyl (C=O) groups is 1. The first-order valence-electron chi connectivity index (χ1n) is 16.7. The van der Waals surface area contributed by atoms with Crippen LogP contribution < -0.4 is 15.2 Å². The van der Waals surface area contributed by atoms with Crippen molar-refractivity contribution in [1.29, 1.82) is 0 Å². The summed E-state index contributed by atoms with van der Waals surface area (Å²) in [5.41, 5.74) is 7.58. The lowest BCUT2D eigenvalue weighted by Gasteiger charge is -2.42. The van der Waals surface area contributed by atoms with Crippen molar-refractivity contribution in [3.05, 3.63) is 77.8 Å². The highest BCUT2D eigenvalue weighted by atomic mass is 35.5. The number of benzene rings is 3. The molecule has 1 amide bonds. The van der Waals surface area contributed by atoms with Gasteiger partial charge in [-0.1, -0.05) is 55.1 Å². The maximum Gasteiger partial charge on any atom is 0.280 e. The largest absolute Gasteiger partial charge is 0.493 e. The van der Waals surface area contributed by atoms with Crippen molar-refractivity contribution in [3.8, 4) is 22.6 Å². The Balaban J connectivity index is 1.18. The van der Waals surface area contributed by atoms with Gasteiger partial charge in [-0.3, -0.25) is 4.79 Å². The first-order valence-corrected chi connectivity index (χ1v) is 18.5. The van der Waals surface area contributed by atoms with Crippen molar-refractivity contribution in [2.45, 2.75) is 80.4 Å². The molecule has 0 bridgehead atoms. The SMILES string of the molecule is N[C@@H]1CCN(C(=O)[C@H]2C[C@@H](Oc3ccc(-c4ccc(Cl)cc4)cc3)CCN2S(=O)(=O)c2ccc(OCC3CCCCC3)cc2)CC1(F)F. The molecule has 1 aliphatic carbocycles. The van der Waals surface area contributed by atoms with Crippen LogP contribution in [0.25, 0.3) is 11.1 Å². The predicted octanol–water partition coefficient (Wildman–Crippen LogP) is 6.76. The minimum Gasteiger partial charge on any atom is -0.493 e. The highest BCUT2D eigenvalue weighted by Gasteiger charge is 2.48.